The van der Waals surface area contributed by atoms with Gasteiger partial charge in [-0.1, -0.05) is 63.6 Å². The average molecular weight is 305 g/mol. The number of fused-ring (bicyclic) bond motifs is 1. The minimum Gasteiger partial charge on any atom is -0.352 e. The summed E-state index contributed by atoms with van der Waals surface area (Å²) in [6.07, 6.45) is 1.54. The van der Waals surface area contributed by atoms with Crippen molar-refractivity contribution in [3.8, 4) is 0 Å². The molecule has 0 spiro atoms. The summed E-state index contributed by atoms with van der Waals surface area (Å²) in [5.41, 5.74) is 0.726. The van der Waals surface area contributed by atoms with Gasteiger partial charge in [0.2, 0.25) is 0 Å². The van der Waals surface area contributed by atoms with Crippen molar-refractivity contribution in [2.45, 2.75) is 27.7 Å². The van der Waals surface area contributed by atoms with Gasteiger partial charge >= 0.3 is 0 Å². The van der Waals surface area contributed by atoms with Crippen LogP contribution in [0.4, 0.5) is 0 Å². The zero-order valence-corrected chi connectivity index (χ0v) is 13.7. The molecule has 1 heterocycles. The van der Waals surface area contributed by atoms with Crippen LogP contribution in [0.2, 0.25) is 5.15 Å². The molecule has 0 bridgehead atoms. The van der Waals surface area contributed by atoms with E-state index >= 15 is 0 Å². The Hall–Kier alpha value is -1.61. The first-order valence-corrected chi connectivity index (χ1v) is 7.50. The van der Waals surface area contributed by atoms with Crippen LogP contribution in [-0.4, -0.2) is 17.4 Å². The molecule has 2 rings (SSSR count). The molecule has 1 aromatic carbocycles. The lowest BCUT2D eigenvalue weighted by Gasteiger charge is -2.27. The van der Waals surface area contributed by atoms with Gasteiger partial charge in [-0.05, 0) is 16.7 Å². The molecule has 1 unspecified atom stereocenters. The smallest absolute Gasteiger partial charge is 0.253 e. The van der Waals surface area contributed by atoms with Crippen molar-refractivity contribution < 1.29 is 4.79 Å². The highest BCUT2D eigenvalue weighted by molar-refractivity contribution is 6.34. The number of carbonyl (C=O) groups is 1. The molecule has 0 aliphatic rings. The highest BCUT2D eigenvalue weighted by atomic mass is 35.5. The summed E-state index contributed by atoms with van der Waals surface area (Å²) < 4.78 is 0. The minimum absolute atomic E-state index is 0.105. The zero-order valence-electron chi connectivity index (χ0n) is 12.9. The molecular weight excluding hydrogens is 284 g/mol. The van der Waals surface area contributed by atoms with Crippen molar-refractivity contribution in [3.05, 3.63) is 41.2 Å². The fraction of sp³-hybridized carbons (Fsp3) is 0.412. The van der Waals surface area contributed by atoms with Crippen LogP contribution in [-0.2, 0) is 0 Å². The number of amides is 1. The maximum atomic E-state index is 12.4. The van der Waals surface area contributed by atoms with Gasteiger partial charge in [-0.3, -0.25) is 4.79 Å². The Bertz CT molecular complexity index is 661. The van der Waals surface area contributed by atoms with E-state index < -0.39 is 0 Å². The molecule has 0 aliphatic heterocycles. The Morgan fingerprint density at radius 1 is 1.29 bits per heavy atom. The van der Waals surface area contributed by atoms with E-state index in [0.29, 0.717) is 23.2 Å². The van der Waals surface area contributed by atoms with E-state index in [4.69, 9.17) is 11.6 Å². The van der Waals surface area contributed by atoms with Crippen molar-refractivity contribution in [2.75, 3.05) is 6.54 Å². The SMILES string of the molecule is CC(CNC(=O)c1cnc(Cl)c2ccccc12)C(C)(C)C. The Morgan fingerprint density at radius 3 is 2.52 bits per heavy atom. The number of rotatable bonds is 3. The number of pyridine rings is 1. The van der Waals surface area contributed by atoms with Gasteiger partial charge in [0, 0.05) is 18.1 Å². The first kappa shape index (κ1) is 15.8. The number of halogens is 1. The molecule has 112 valence electrons. The molecule has 0 radical (unpaired) electrons. The van der Waals surface area contributed by atoms with Crippen molar-refractivity contribution >= 4 is 28.3 Å². The van der Waals surface area contributed by atoms with Crippen molar-refractivity contribution in [1.29, 1.82) is 0 Å². The van der Waals surface area contributed by atoms with E-state index in [2.05, 4.69) is 38.0 Å². The molecular formula is C17H21ClN2O. The van der Waals surface area contributed by atoms with Crippen LogP contribution < -0.4 is 5.32 Å². The van der Waals surface area contributed by atoms with Crippen LogP contribution in [0.25, 0.3) is 10.8 Å². The summed E-state index contributed by atoms with van der Waals surface area (Å²) in [5, 5.41) is 5.05. The minimum atomic E-state index is -0.105. The van der Waals surface area contributed by atoms with Gasteiger partial charge in [0.25, 0.3) is 5.91 Å². The molecule has 1 N–H and O–H groups in total. The fourth-order valence-electron chi connectivity index (χ4n) is 1.99. The number of carbonyl (C=O) groups excluding carboxylic acids is 1. The van der Waals surface area contributed by atoms with E-state index in [1.54, 1.807) is 6.20 Å². The molecule has 0 fully saturated rings. The Morgan fingerprint density at radius 2 is 1.90 bits per heavy atom. The number of aromatic nitrogens is 1. The molecule has 4 heteroatoms. The van der Waals surface area contributed by atoms with E-state index in [1.165, 1.54) is 0 Å². The highest BCUT2D eigenvalue weighted by Gasteiger charge is 2.21. The number of hydrogen-bond donors (Lipinski definition) is 1. The molecule has 2 aromatic rings. The molecule has 0 saturated carbocycles. The molecule has 21 heavy (non-hydrogen) atoms. The Kier molecular flexibility index (Phi) is 4.52. The number of nitrogens with one attached hydrogen (secondary N) is 1. The number of benzene rings is 1. The normalized spacial score (nSPS) is 13.2. The van der Waals surface area contributed by atoms with Crippen LogP contribution >= 0.6 is 11.6 Å². The zero-order chi connectivity index (χ0) is 15.6. The highest BCUT2D eigenvalue weighted by Crippen LogP contribution is 2.26. The predicted octanol–water partition coefficient (Wildman–Crippen LogP) is 4.30. The van der Waals surface area contributed by atoms with Gasteiger partial charge in [-0.15, -0.1) is 0 Å². The van der Waals surface area contributed by atoms with Crippen LogP contribution in [0.3, 0.4) is 0 Å². The number of hydrogen-bond acceptors (Lipinski definition) is 2. The van der Waals surface area contributed by atoms with E-state index in [9.17, 15) is 4.79 Å². The summed E-state index contributed by atoms with van der Waals surface area (Å²) in [4.78, 5) is 16.5. The molecule has 3 nitrogen and oxygen atoms in total. The third-order valence-electron chi connectivity index (χ3n) is 4.04. The van der Waals surface area contributed by atoms with Crippen LogP contribution in [0.15, 0.2) is 30.5 Å². The molecule has 0 saturated heterocycles. The van der Waals surface area contributed by atoms with Gasteiger partial charge in [0.15, 0.2) is 0 Å². The van der Waals surface area contributed by atoms with Crippen molar-refractivity contribution in [2.24, 2.45) is 11.3 Å². The first-order valence-electron chi connectivity index (χ1n) is 7.12. The van der Waals surface area contributed by atoms with Gasteiger partial charge in [0.05, 0.1) is 5.56 Å². The van der Waals surface area contributed by atoms with Gasteiger partial charge in [-0.25, -0.2) is 4.98 Å². The van der Waals surface area contributed by atoms with Crippen molar-refractivity contribution in [1.82, 2.24) is 10.3 Å². The van der Waals surface area contributed by atoms with Crippen LogP contribution in [0, 0.1) is 11.3 Å². The lowest BCUT2D eigenvalue weighted by atomic mass is 9.82. The second-order valence-electron chi connectivity index (χ2n) is 6.49. The van der Waals surface area contributed by atoms with E-state index in [0.717, 1.165) is 10.8 Å². The van der Waals surface area contributed by atoms with Crippen molar-refractivity contribution in [3.63, 3.8) is 0 Å². The van der Waals surface area contributed by atoms with Gasteiger partial charge in [0.1, 0.15) is 5.15 Å². The number of nitrogens with zero attached hydrogens (tertiary/aromatic N) is 1. The average Bonchev–Trinajstić information content (AvgIpc) is 2.44. The summed E-state index contributed by atoms with van der Waals surface area (Å²) in [5.74, 6) is 0.277. The van der Waals surface area contributed by atoms with E-state index in [1.807, 2.05) is 24.3 Å². The third-order valence-corrected chi connectivity index (χ3v) is 4.34. The first-order chi connectivity index (χ1) is 9.80. The maximum Gasteiger partial charge on any atom is 0.253 e. The summed E-state index contributed by atoms with van der Waals surface area (Å²) in [6.45, 7) is 9.28. The standard InChI is InChI=1S/C17H21ClN2O/c1-11(17(2,3)4)9-20-16(21)14-10-19-15(18)13-8-6-5-7-12(13)14/h5-8,10-11H,9H2,1-4H3,(H,20,21). The fourth-order valence-corrected chi connectivity index (χ4v) is 2.20. The Labute approximate surface area is 130 Å². The molecule has 0 aliphatic carbocycles. The Balaban J connectivity index is 2.23. The predicted molar refractivity (Wildman–Crippen MR) is 87.7 cm³/mol. The monoisotopic (exact) mass is 304 g/mol. The lowest BCUT2D eigenvalue weighted by Crippen LogP contribution is -2.33. The second-order valence-corrected chi connectivity index (χ2v) is 6.84. The molecule has 1 aromatic heterocycles. The second kappa shape index (κ2) is 6.02. The third kappa shape index (κ3) is 3.53. The van der Waals surface area contributed by atoms with Crippen LogP contribution in [0.1, 0.15) is 38.1 Å². The maximum absolute atomic E-state index is 12.4. The van der Waals surface area contributed by atoms with Gasteiger partial charge in [-0.2, -0.15) is 0 Å². The van der Waals surface area contributed by atoms with Gasteiger partial charge < -0.3 is 5.32 Å². The van der Waals surface area contributed by atoms with Crippen LogP contribution in [0.5, 0.6) is 0 Å². The quantitative estimate of drug-likeness (QED) is 0.859. The largest absolute Gasteiger partial charge is 0.352 e. The summed E-state index contributed by atoms with van der Waals surface area (Å²) >= 11 is 6.08. The lowest BCUT2D eigenvalue weighted by molar-refractivity contribution is 0.0938. The van der Waals surface area contributed by atoms with E-state index in [-0.39, 0.29) is 11.3 Å². The molecule has 1 atom stereocenters. The topological polar surface area (TPSA) is 42.0 Å². The summed E-state index contributed by atoms with van der Waals surface area (Å²) in [6, 6.07) is 7.55. The summed E-state index contributed by atoms with van der Waals surface area (Å²) in [7, 11) is 0. The molecule has 1 amide bonds.